The van der Waals surface area contributed by atoms with E-state index >= 15 is 0 Å². The standard InChI is InChI=1S/C20H24N2O4/c1-21-17(15-6-3-2-4-7-15)9-10-18(21)20(25)22(12-11-19(23)24)14-16-8-5-13-26-16/h2-4,6-7,9-10,16H,5,8,11-14H2,1H3,(H,23,24)/t16-/m0/s1. The lowest BCUT2D eigenvalue weighted by molar-refractivity contribution is -0.137. The summed E-state index contributed by atoms with van der Waals surface area (Å²) in [6.45, 7) is 1.31. The number of carbonyl (C=O) groups excluding carboxylic acids is 1. The van der Waals surface area contributed by atoms with Crippen LogP contribution in [0.1, 0.15) is 29.8 Å². The number of carboxylic acids is 1. The highest BCUT2D eigenvalue weighted by Crippen LogP contribution is 2.23. The number of carboxylic acid groups (broad SMARTS) is 1. The lowest BCUT2D eigenvalue weighted by Gasteiger charge is -2.25. The zero-order chi connectivity index (χ0) is 18.5. The molecule has 1 aliphatic heterocycles. The Bertz CT molecular complexity index is 763. The second-order valence-corrected chi connectivity index (χ2v) is 6.56. The molecular formula is C20H24N2O4. The van der Waals surface area contributed by atoms with Gasteiger partial charge in [-0.25, -0.2) is 0 Å². The van der Waals surface area contributed by atoms with Gasteiger partial charge in [0.2, 0.25) is 0 Å². The molecule has 2 aromatic rings. The molecule has 1 aliphatic rings. The van der Waals surface area contributed by atoms with Crippen molar-refractivity contribution in [3.05, 3.63) is 48.2 Å². The van der Waals surface area contributed by atoms with Gasteiger partial charge in [-0.05, 0) is 30.5 Å². The maximum atomic E-state index is 13.1. The third-order valence-electron chi connectivity index (χ3n) is 4.74. The van der Waals surface area contributed by atoms with Crippen molar-refractivity contribution in [2.24, 2.45) is 7.05 Å². The van der Waals surface area contributed by atoms with E-state index in [0.29, 0.717) is 18.8 Å². The van der Waals surface area contributed by atoms with Crippen molar-refractivity contribution >= 4 is 11.9 Å². The first-order chi connectivity index (χ1) is 12.6. The molecule has 3 rings (SSSR count). The summed E-state index contributed by atoms with van der Waals surface area (Å²) in [7, 11) is 1.86. The minimum absolute atomic E-state index is 0.0124. The molecule has 1 N–H and O–H groups in total. The van der Waals surface area contributed by atoms with E-state index in [1.165, 1.54) is 0 Å². The molecule has 2 heterocycles. The largest absolute Gasteiger partial charge is 0.481 e. The van der Waals surface area contributed by atoms with E-state index in [1.807, 2.05) is 48.0 Å². The Morgan fingerprint density at radius 1 is 1.23 bits per heavy atom. The summed E-state index contributed by atoms with van der Waals surface area (Å²) in [5, 5.41) is 9.01. The van der Waals surface area contributed by atoms with Gasteiger partial charge in [0.1, 0.15) is 5.69 Å². The third-order valence-corrected chi connectivity index (χ3v) is 4.74. The fraction of sp³-hybridized carbons (Fsp3) is 0.400. The molecule has 0 radical (unpaired) electrons. The van der Waals surface area contributed by atoms with Crippen LogP contribution in [0.5, 0.6) is 0 Å². The fourth-order valence-corrected chi connectivity index (χ4v) is 3.33. The van der Waals surface area contributed by atoms with Gasteiger partial charge >= 0.3 is 5.97 Å². The Morgan fingerprint density at radius 2 is 2.00 bits per heavy atom. The van der Waals surface area contributed by atoms with Crippen LogP contribution in [0.2, 0.25) is 0 Å². The minimum atomic E-state index is -0.910. The monoisotopic (exact) mass is 356 g/mol. The maximum absolute atomic E-state index is 13.1. The van der Waals surface area contributed by atoms with Crippen LogP contribution in [0.3, 0.4) is 0 Å². The first-order valence-corrected chi connectivity index (χ1v) is 8.90. The summed E-state index contributed by atoms with van der Waals surface area (Å²) in [6.07, 6.45) is 1.79. The van der Waals surface area contributed by atoms with Crippen molar-refractivity contribution in [1.29, 1.82) is 0 Å². The number of aliphatic carboxylic acids is 1. The molecule has 1 amide bonds. The highest BCUT2D eigenvalue weighted by Gasteiger charge is 2.25. The number of ether oxygens (including phenoxy) is 1. The van der Waals surface area contributed by atoms with Gasteiger partial charge in [0.15, 0.2) is 0 Å². The summed E-state index contributed by atoms with van der Waals surface area (Å²) >= 11 is 0. The summed E-state index contributed by atoms with van der Waals surface area (Å²) in [5.41, 5.74) is 2.53. The molecule has 138 valence electrons. The second-order valence-electron chi connectivity index (χ2n) is 6.56. The molecule has 26 heavy (non-hydrogen) atoms. The van der Waals surface area contributed by atoms with Crippen LogP contribution in [0.4, 0.5) is 0 Å². The summed E-state index contributed by atoms with van der Waals surface area (Å²) < 4.78 is 7.49. The number of rotatable bonds is 7. The number of carbonyl (C=O) groups is 2. The lowest BCUT2D eigenvalue weighted by atomic mass is 10.2. The topological polar surface area (TPSA) is 71.8 Å². The minimum Gasteiger partial charge on any atom is -0.481 e. The fourth-order valence-electron chi connectivity index (χ4n) is 3.33. The van der Waals surface area contributed by atoms with Gasteiger partial charge in [-0.15, -0.1) is 0 Å². The van der Waals surface area contributed by atoms with Gasteiger partial charge < -0.3 is 19.3 Å². The van der Waals surface area contributed by atoms with Gasteiger partial charge in [0.05, 0.1) is 12.5 Å². The Hall–Kier alpha value is -2.60. The highest BCUT2D eigenvalue weighted by atomic mass is 16.5. The molecule has 0 saturated carbocycles. The number of benzene rings is 1. The average Bonchev–Trinajstić information content (AvgIpc) is 3.28. The van der Waals surface area contributed by atoms with Gasteiger partial charge in [-0.1, -0.05) is 30.3 Å². The molecule has 1 atom stereocenters. The van der Waals surface area contributed by atoms with Gasteiger partial charge in [0, 0.05) is 32.4 Å². The van der Waals surface area contributed by atoms with Crippen molar-refractivity contribution in [3.63, 3.8) is 0 Å². The van der Waals surface area contributed by atoms with Crippen molar-refractivity contribution < 1.29 is 19.4 Å². The van der Waals surface area contributed by atoms with Crippen LogP contribution in [-0.4, -0.2) is 52.3 Å². The molecule has 0 unspecified atom stereocenters. The molecule has 6 heteroatoms. The van der Waals surface area contributed by atoms with E-state index in [4.69, 9.17) is 9.84 Å². The van der Waals surface area contributed by atoms with Crippen LogP contribution in [-0.2, 0) is 16.6 Å². The Kier molecular flexibility index (Phi) is 5.73. The first-order valence-electron chi connectivity index (χ1n) is 8.90. The van der Waals surface area contributed by atoms with Gasteiger partial charge in [0.25, 0.3) is 5.91 Å². The van der Waals surface area contributed by atoms with Crippen LogP contribution in [0.15, 0.2) is 42.5 Å². The molecule has 1 aromatic carbocycles. The molecule has 6 nitrogen and oxygen atoms in total. The van der Waals surface area contributed by atoms with E-state index in [9.17, 15) is 9.59 Å². The van der Waals surface area contributed by atoms with Gasteiger partial charge in [-0.3, -0.25) is 9.59 Å². The second kappa shape index (κ2) is 8.19. The van der Waals surface area contributed by atoms with Crippen LogP contribution < -0.4 is 0 Å². The number of hydrogen-bond donors (Lipinski definition) is 1. The number of nitrogens with zero attached hydrogens (tertiary/aromatic N) is 2. The number of hydrogen-bond acceptors (Lipinski definition) is 3. The van der Waals surface area contributed by atoms with Crippen LogP contribution in [0.25, 0.3) is 11.3 Å². The third kappa shape index (κ3) is 4.14. The average molecular weight is 356 g/mol. The van der Waals surface area contributed by atoms with Crippen LogP contribution >= 0.6 is 0 Å². The van der Waals surface area contributed by atoms with E-state index in [1.54, 1.807) is 11.0 Å². The molecule has 0 spiro atoms. The molecule has 1 aromatic heterocycles. The molecule has 1 fully saturated rings. The predicted octanol–water partition coefficient (Wildman–Crippen LogP) is 2.79. The van der Waals surface area contributed by atoms with Crippen molar-refractivity contribution in [2.45, 2.75) is 25.4 Å². The molecular weight excluding hydrogens is 332 g/mol. The summed E-state index contributed by atoms with van der Waals surface area (Å²) in [4.78, 5) is 25.7. The predicted molar refractivity (Wildman–Crippen MR) is 98.0 cm³/mol. The van der Waals surface area contributed by atoms with Gasteiger partial charge in [-0.2, -0.15) is 0 Å². The first kappa shape index (κ1) is 18.2. The zero-order valence-corrected chi connectivity index (χ0v) is 14.9. The Balaban J connectivity index is 1.81. The highest BCUT2D eigenvalue weighted by molar-refractivity contribution is 5.94. The Labute approximate surface area is 153 Å². The normalized spacial score (nSPS) is 16.6. The van der Waals surface area contributed by atoms with Crippen molar-refractivity contribution in [1.82, 2.24) is 9.47 Å². The smallest absolute Gasteiger partial charge is 0.305 e. The lowest BCUT2D eigenvalue weighted by Crippen LogP contribution is -2.39. The van der Waals surface area contributed by atoms with E-state index in [0.717, 1.165) is 24.1 Å². The maximum Gasteiger partial charge on any atom is 0.305 e. The van der Waals surface area contributed by atoms with E-state index < -0.39 is 5.97 Å². The quantitative estimate of drug-likeness (QED) is 0.828. The summed E-state index contributed by atoms with van der Waals surface area (Å²) in [6, 6.07) is 13.6. The van der Waals surface area contributed by atoms with E-state index in [2.05, 4.69) is 0 Å². The van der Waals surface area contributed by atoms with Crippen molar-refractivity contribution in [2.75, 3.05) is 19.7 Å². The Morgan fingerprint density at radius 3 is 2.65 bits per heavy atom. The number of amides is 1. The summed E-state index contributed by atoms with van der Waals surface area (Å²) in [5.74, 6) is -1.07. The molecule has 1 saturated heterocycles. The van der Waals surface area contributed by atoms with Crippen LogP contribution in [0, 0.1) is 0 Å². The van der Waals surface area contributed by atoms with E-state index in [-0.39, 0.29) is 25.0 Å². The molecule has 0 aliphatic carbocycles. The zero-order valence-electron chi connectivity index (χ0n) is 14.9. The SMILES string of the molecule is Cn1c(C(=O)N(CCC(=O)O)C[C@@H]2CCCO2)ccc1-c1ccccc1. The number of aromatic nitrogens is 1. The van der Waals surface area contributed by atoms with Crippen molar-refractivity contribution in [3.8, 4) is 11.3 Å². The molecule has 0 bridgehead atoms.